The van der Waals surface area contributed by atoms with E-state index in [0.717, 1.165) is 18.4 Å². The molecule has 0 saturated heterocycles. The van der Waals surface area contributed by atoms with Gasteiger partial charge in [-0.2, -0.15) is 5.26 Å². The number of aliphatic hydroxyl groups is 1. The normalized spacial score (nSPS) is 40.7. The van der Waals surface area contributed by atoms with E-state index in [1.54, 1.807) is 19.9 Å². The van der Waals surface area contributed by atoms with Gasteiger partial charge in [0.1, 0.15) is 21.3 Å². The van der Waals surface area contributed by atoms with Crippen LogP contribution < -0.4 is 0 Å². The van der Waals surface area contributed by atoms with E-state index in [0.29, 0.717) is 11.3 Å². The fourth-order valence-corrected chi connectivity index (χ4v) is 10.1. The van der Waals surface area contributed by atoms with Crippen LogP contribution in [0, 0.1) is 39.9 Å². The molecule has 9 nitrogen and oxygen atoms in total. The molecule has 42 heavy (non-hydrogen) atoms. The van der Waals surface area contributed by atoms with Crippen LogP contribution in [0.15, 0.2) is 40.1 Å². The molecule has 1 heterocycles. The monoisotopic (exact) mass is 623 g/mol. The Hall–Kier alpha value is -2.95. The Labute approximate surface area is 246 Å². The number of ether oxygens (including phenoxy) is 2. The Bertz CT molecular complexity index is 1580. The van der Waals surface area contributed by atoms with E-state index in [-0.39, 0.29) is 33.9 Å². The van der Waals surface area contributed by atoms with Crippen molar-refractivity contribution in [3.8, 4) is 6.07 Å². The van der Waals surface area contributed by atoms with Crippen LogP contribution in [0.1, 0.15) is 49.7 Å². The molecule has 13 heteroatoms. The molecule has 0 spiro atoms. The van der Waals surface area contributed by atoms with Crippen molar-refractivity contribution in [2.75, 3.05) is 12.9 Å². The number of ketones is 1. The number of thiophene rings is 1. The average molecular weight is 624 g/mol. The number of hydrogen-bond acceptors (Lipinski definition) is 10. The summed E-state index contributed by atoms with van der Waals surface area (Å²) in [6, 6.07) is 4.19. The molecule has 1 aromatic rings. The summed E-state index contributed by atoms with van der Waals surface area (Å²) in [6.45, 7) is 3.96. The smallest absolute Gasteiger partial charge is 0.352 e. The zero-order valence-electron chi connectivity index (χ0n) is 23.4. The number of esters is 2. The van der Waals surface area contributed by atoms with Gasteiger partial charge in [-0.15, -0.1) is 11.3 Å². The molecule has 4 aliphatic rings. The Kier molecular flexibility index (Phi) is 7.11. The van der Waals surface area contributed by atoms with E-state index >= 15 is 8.78 Å². The van der Waals surface area contributed by atoms with Gasteiger partial charge in [0.2, 0.25) is 5.60 Å². The molecule has 9 atom stereocenters. The van der Waals surface area contributed by atoms with Crippen molar-refractivity contribution in [3.05, 3.63) is 40.8 Å². The predicted molar refractivity (Wildman–Crippen MR) is 145 cm³/mol. The van der Waals surface area contributed by atoms with E-state index in [9.17, 15) is 27.9 Å². The second-order valence-electron chi connectivity index (χ2n) is 12.2. The minimum Gasteiger partial charge on any atom is -0.447 e. The Morgan fingerprint density at radius 1 is 1.24 bits per heavy atom. The third-order valence-corrected chi connectivity index (χ3v) is 13.0. The minimum atomic E-state index is -3.64. The first kappa shape index (κ1) is 30.5. The molecule has 0 bridgehead atoms. The van der Waals surface area contributed by atoms with Crippen LogP contribution in [0.4, 0.5) is 8.78 Å². The number of allylic oxidation sites excluding steroid dienone is 4. The molecule has 1 aromatic heterocycles. The van der Waals surface area contributed by atoms with Gasteiger partial charge in [0.05, 0.1) is 6.10 Å². The fourth-order valence-electron chi connectivity index (χ4n) is 8.25. The molecule has 3 saturated carbocycles. The zero-order valence-corrected chi connectivity index (χ0v) is 25.1. The highest BCUT2D eigenvalue weighted by Gasteiger charge is 2.78. The number of carbonyl (C=O) groups is 3. The van der Waals surface area contributed by atoms with Crippen LogP contribution in [0.3, 0.4) is 0 Å². The van der Waals surface area contributed by atoms with Gasteiger partial charge in [0.15, 0.2) is 27.9 Å². The maximum Gasteiger partial charge on any atom is 0.352 e. The van der Waals surface area contributed by atoms with Gasteiger partial charge in [-0.3, -0.25) is 4.79 Å². The maximum atomic E-state index is 17.5. The topological polar surface area (TPSA) is 148 Å². The molecule has 226 valence electrons. The second-order valence-corrected chi connectivity index (χ2v) is 15.6. The van der Waals surface area contributed by atoms with Gasteiger partial charge in [0.25, 0.3) is 0 Å². The van der Waals surface area contributed by atoms with Crippen molar-refractivity contribution in [2.24, 2.45) is 28.6 Å². The van der Waals surface area contributed by atoms with Crippen molar-refractivity contribution >= 4 is 38.9 Å². The summed E-state index contributed by atoms with van der Waals surface area (Å²) in [5.41, 5.74) is -7.71. The highest BCUT2D eigenvalue weighted by molar-refractivity contribution is 7.92. The zero-order chi connectivity index (χ0) is 31.0. The summed E-state index contributed by atoms with van der Waals surface area (Å²) in [5.74, 6) is -5.32. The van der Waals surface area contributed by atoms with Gasteiger partial charge in [0, 0.05) is 28.9 Å². The number of fused-ring (bicyclic) bond motifs is 5. The highest BCUT2D eigenvalue weighted by atomic mass is 32.2. The summed E-state index contributed by atoms with van der Waals surface area (Å²) in [4.78, 5) is 39.3. The van der Waals surface area contributed by atoms with Gasteiger partial charge in [-0.1, -0.05) is 19.9 Å². The first-order valence-corrected chi connectivity index (χ1v) is 16.2. The van der Waals surface area contributed by atoms with Crippen LogP contribution in [0.25, 0.3) is 0 Å². The average Bonchev–Trinajstić information content (AvgIpc) is 3.49. The summed E-state index contributed by atoms with van der Waals surface area (Å²) >= 11 is 0.652. The highest BCUT2D eigenvalue weighted by Crippen LogP contribution is 2.71. The van der Waals surface area contributed by atoms with Crippen LogP contribution in [0.2, 0.25) is 0 Å². The second kappa shape index (κ2) is 9.79. The summed E-state index contributed by atoms with van der Waals surface area (Å²) in [5, 5.41) is 20.7. The van der Waals surface area contributed by atoms with Crippen LogP contribution in [-0.2, 0) is 28.9 Å². The third kappa shape index (κ3) is 3.98. The van der Waals surface area contributed by atoms with E-state index in [4.69, 9.17) is 14.7 Å². The Morgan fingerprint density at radius 2 is 1.93 bits per heavy atom. The Morgan fingerprint density at radius 3 is 2.55 bits per heavy atom. The molecule has 0 aromatic carbocycles. The van der Waals surface area contributed by atoms with Crippen molar-refractivity contribution in [2.45, 2.75) is 67.8 Å². The molecule has 0 amide bonds. The lowest BCUT2D eigenvalue weighted by Crippen LogP contribution is -2.71. The molecular formula is C29H31F2NO8S2. The fraction of sp³-hybridized carbons (Fsp3) is 0.586. The standard InChI is InChI=1S/C29H31F2NO8S2/c1-15-11-17-18-13-20(30)19-12-16(33)7-8-26(19,2)28(18,31)22(34)14-27(17,3)29(15,25(36)39-10-9-32)40-24(35)21-5-6-23(41-21)42(4,37)38/h5-8,12,15,17-18,20,22,34H,10-11,13-14H2,1-4H3/t15-,17+,18+,20+,22+,26+,27+,28+,29+/m1/s1. The summed E-state index contributed by atoms with van der Waals surface area (Å²) < 4.78 is 68.4. The van der Waals surface area contributed by atoms with Crippen molar-refractivity contribution in [3.63, 3.8) is 0 Å². The van der Waals surface area contributed by atoms with Gasteiger partial charge < -0.3 is 14.6 Å². The number of aliphatic hydroxyl groups excluding tert-OH is 1. The maximum absolute atomic E-state index is 17.5. The first-order chi connectivity index (χ1) is 19.5. The summed E-state index contributed by atoms with van der Waals surface area (Å²) in [7, 11) is -3.64. The number of nitrogens with zero attached hydrogens (tertiary/aromatic N) is 1. The van der Waals surface area contributed by atoms with Crippen molar-refractivity contribution in [1.82, 2.24) is 0 Å². The number of carbonyl (C=O) groups excluding carboxylic acids is 3. The lowest BCUT2D eigenvalue weighted by Gasteiger charge is -2.63. The number of nitriles is 1. The number of alkyl halides is 2. The molecule has 0 aliphatic heterocycles. The molecule has 4 aliphatic carbocycles. The van der Waals surface area contributed by atoms with E-state index in [2.05, 4.69) is 0 Å². The van der Waals surface area contributed by atoms with Crippen molar-refractivity contribution < 1.29 is 46.2 Å². The number of hydrogen-bond donors (Lipinski definition) is 1. The van der Waals surface area contributed by atoms with E-state index in [1.165, 1.54) is 25.1 Å². The quantitative estimate of drug-likeness (QED) is 0.485. The molecule has 0 radical (unpaired) electrons. The predicted octanol–water partition coefficient (Wildman–Crippen LogP) is 3.68. The lowest BCUT2D eigenvalue weighted by molar-refractivity contribution is -0.230. The van der Waals surface area contributed by atoms with Crippen LogP contribution >= 0.6 is 11.3 Å². The van der Waals surface area contributed by atoms with E-state index < -0.39 is 86.3 Å². The SMILES string of the molecule is C[C@@H]1C[C@H]2[C@@H]3C[C@H](F)C4=CC(=O)C=C[C@]4(C)[C@@]3(F)[C@@H](O)C[C@]2(C)[C@@]1(OC(=O)c1ccc(S(C)(=O)=O)s1)C(=O)OCC#N. The largest absolute Gasteiger partial charge is 0.447 e. The van der Waals surface area contributed by atoms with Crippen molar-refractivity contribution in [1.29, 1.82) is 5.26 Å². The summed E-state index contributed by atoms with van der Waals surface area (Å²) in [6.07, 6.45) is 0.391. The Balaban J connectivity index is 1.62. The van der Waals surface area contributed by atoms with Gasteiger partial charge in [-0.05, 0) is 62.0 Å². The number of sulfone groups is 1. The molecule has 0 unspecified atom stereocenters. The van der Waals surface area contributed by atoms with Crippen LogP contribution in [0.5, 0.6) is 0 Å². The van der Waals surface area contributed by atoms with E-state index in [1.807, 2.05) is 0 Å². The minimum absolute atomic E-state index is 0.0482. The molecule has 1 N–H and O–H groups in total. The van der Waals surface area contributed by atoms with Gasteiger partial charge >= 0.3 is 11.9 Å². The van der Waals surface area contributed by atoms with Crippen LogP contribution in [-0.4, -0.2) is 67.7 Å². The van der Waals surface area contributed by atoms with Gasteiger partial charge in [-0.25, -0.2) is 26.8 Å². The molecule has 5 rings (SSSR count). The number of halogens is 2. The molecular weight excluding hydrogens is 592 g/mol. The molecule has 3 fully saturated rings. The number of rotatable bonds is 5. The first-order valence-electron chi connectivity index (χ1n) is 13.5. The third-order valence-electron chi connectivity index (χ3n) is 10.1. The lowest BCUT2D eigenvalue weighted by atomic mass is 9.44.